The summed E-state index contributed by atoms with van der Waals surface area (Å²) >= 11 is 0. The highest BCUT2D eigenvalue weighted by atomic mass is 31.2. The van der Waals surface area contributed by atoms with Crippen LogP contribution in [0.3, 0.4) is 0 Å². The van der Waals surface area contributed by atoms with E-state index in [0.717, 1.165) is 0 Å². The van der Waals surface area contributed by atoms with Gasteiger partial charge in [-0.15, -0.1) is 0 Å². The molecular formula is C15H21N2O5P. The van der Waals surface area contributed by atoms with E-state index in [0.29, 0.717) is 28.1 Å². The monoisotopic (exact) mass is 340 g/mol. The van der Waals surface area contributed by atoms with Gasteiger partial charge in [0.05, 0.1) is 38.6 Å². The van der Waals surface area contributed by atoms with Crippen LogP contribution in [0.4, 0.5) is 5.69 Å². The molecule has 1 heterocycles. The van der Waals surface area contributed by atoms with Crippen molar-refractivity contribution in [3.63, 3.8) is 0 Å². The van der Waals surface area contributed by atoms with Gasteiger partial charge in [0.2, 0.25) is 0 Å². The predicted molar refractivity (Wildman–Crippen MR) is 89.8 cm³/mol. The smallest absolute Gasteiger partial charge is 0.364 e. The van der Waals surface area contributed by atoms with Gasteiger partial charge in [-0.25, -0.2) is 0 Å². The maximum Gasteiger partial charge on any atom is 0.364 e. The van der Waals surface area contributed by atoms with Gasteiger partial charge in [0, 0.05) is 17.6 Å². The Labute approximate surface area is 135 Å². The molecular weight excluding hydrogens is 319 g/mol. The minimum absolute atomic E-state index is 0.237. The highest BCUT2D eigenvalue weighted by molar-refractivity contribution is 7.62. The minimum Gasteiger partial charge on any atom is -0.493 e. The molecule has 0 unspecified atom stereocenters. The first-order valence-corrected chi connectivity index (χ1v) is 8.74. The summed E-state index contributed by atoms with van der Waals surface area (Å²) in [5, 5.41) is 0.848. The standard InChI is InChI=1S/C15H21N2O5P/c1-5-21-23(18,22-6-2)14-9-17-11-8-13(20-4)12(19-3)7-10(11)15(14)16/h7-9H,5-6H2,1-4H3,(H2,16,17). The molecule has 126 valence electrons. The summed E-state index contributed by atoms with van der Waals surface area (Å²) in [6.07, 6.45) is 1.43. The van der Waals surface area contributed by atoms with Gasteiger partial charge in [0.25, 0.3) is 0 Å². The Morgan fingerprint density at radius 2 is 1.65 bits per heavy atom. The van der Waals surface area contributed by atoms with Crippen LogP contribution in [-0.2, 0) is 13.6 Å². The Balaban J connectivity index is 2.68. The molecule has 0 fully saturated rings. The number of nitrogens with two attached hydrogens (primary N) is 1. The summed E-state index contributed by atoms with van der Waals surface area (Å²) < 4.78 is 34.2. The molecule has 0 spiro atoms. The van der Waals surface area contributed by atoms with E-state index in [1.54, 1.807) is 33.1 Å². The molecule has 8 heteroatoms. The molecule has 0 aliphatic rings. The van der Waals surface area contributed by atoms with E-state index >= 15 is 0 Å². The number of anilines is 1. The van der Waals surface area contributed by atoms with Crippen molar-refractivity contribution in [2.45, 2.75) is 13.8 Å². The zero-order chi connectivity index (χ0) is 17.0. The summed E-state index contributed by atoms with van der Waals surface area (Å²) in [5.74, 6) is 1.05. The molecule has 7 nitrogen and oxygen atoms in total. The van der Waals surface area contributed by atoms with E-state index in [2.05, 4.69) is 4.98 Å². The second kappa shape index (κ2) is 7.17. The average molecular weight is 340 g/mol. The van der Waals surface area contributed by atoms with Crippen LogP contribution in [0.15, 0.2) is 18.3 Å². The van der Waals surface area contributed by atoms with Crippen LogP contribution in [0, 0.1) is 0 Å². The predicted octanol–water partition coefficient (Wildman–Crippen LogP) is 2.73. The minimum atomic E-state index is -3.52. The van der Waals surface area contributed by atoms with Gasteiger partial charge in [-0.05, 0) is 19.9 Å². The highest BCUT2D eigenvalue weighted by Crippen LogP contribution is 2.49. The molecule has 23 heavy (non-hydrogen) atoms. The third-order valence-corrected chi connectivity index (χ3v) is 5.43. The topological polar surface area (TPSA) is 92.9 Å². The summed E-state index contributed by atoms with van der Waals surface area (Å²) in [4.78, 5) is 4.31. The van der Waals surface area contributed by atoms with Crippen LogP contribution in [-0.4, -0.2) is 32.4 Å². The van der Waals surface area contributed by atoms with E-state index in [1.165, 1.54) is 13.3 Å². The third-order valence-electron chi connectivity index (χ3n) is 3.29. The van der Waals surface area contributed by atoms with E-state index in [4.69, 9.17) is 24.3 Å². The lowest BCUT2D eigenvalue weighted by Gasteiger charge is -2.19. The zero-order valence-corrected chi connectivity index (χ0v) is 14.6. The Morgan fingerprint density at radius 3 is 2.17 bits per heavy atom. The first-order chi connectivity index (χ1) is 11.0. The normalized spacial score (nSPS) is 11.7. The van der Waals surface area contributed by atoms with Crippen molar-refractivity contribution in [3.05, 3.63) is 18.3 Å². The number of fused-ring (bicyclic) bond motifs is 1. The van der Waals surface area contributed by atoms with Crippen LogP contribution < -0.4 is 20.5 Å². The van der Waals surface area contributed by atoms with Crippen molar-refractivity contribution in [1.29, 1.82) is 0 Å². The lowest BCUT2D eigenvalue weighted by atomic mass is 10.1. The maximum atomic E-state index is 12.9. The van der Waals surface area contributed by atoms with E-state index in [9.17, 15) is 4.57 Å². The molecule has 1 aromatic heterocycles. The van der Waals surface area contributed by atoms with Crippen LogP contribution in [0.2, 0.25) is 0 Å². The van der Waals surface area contributed by atoms with E-state index in [1.807, 2.05) is 0 Å². The molecule has 0 atom stereocenters. The van der Waals surface area contributed by atoms with Crippen molar-refractivity contribution in [2.75, 3.05) is 33.2 Å². The summed E-state index contributed by atoms with van der Waals surface area (Å²) in [5.41, 5.74) is 7.11. The number of rotatable bonds is 7. The van der Waals surface area contributed by atoms with Crippen LogP contribution in [0.5, 0.6) is 11.5 Å². The fourth-order valence-electron chi connectivity index (χ4n) is 2.26. The quantitative estimate of drug-likeness (QED) is 0.775. The van der Waals surface area contributed by atoms with Crippen LogP contribution in [0.25, 0.3) is 10.9 Å². The highest BCUT2D eigenvalue weighted by Gasteiger charge is 2.30. The van der Waals surface area contributed by atoms with Gasteiger partial charge in [-0.3, -0.25) is 9.55 Å². The number of nitrogens with zero attached hydrogens (tertiary/aromatic N) is 1. The SMILES string of the molecule is CCOP(=O)(OCC)c1cnc2cc(OC)c(OC)cc2c1N. The van der Waals surface area contributed by atoms with Crippen LogP contribution >= 0.6 is 7.60 Å². The fourth-order valence-corrected chi connectivity index (χ4v) is 3.91. The van der Waals surface area contributed by atoms with Gasteiger partial charge < -0.3 is 24.3 Å². The Hall–Kier alpha value is -1.82. The Morgan fingerprint density at radius 1 is 1.09 bits per heavy atom. The number of pyridine rings is 1. The van der Waals surface area contributed by atoms with E-state index in [-0.39, 0.29) is 18.5 Å². The fraction of sp³-hybridized carbons (Fsp3) is 0.400. The molecule has 2 aromatic rings. The molecule has 0 bridgehead atoms. The Kier molecular flexibility index (Phi) is 5.46. The lowest BCUT2D eigenvalue weighted by Crippen LogP contribution is -2.16. The maximum absolute atomic E-state index is 12.9. The number of nitrogen functional groups attached to an aromatic ring is 1. The first-order valence-electron chi connectivity index (χ1n) is 7.20. The third kappa shape index (κ3) is 3.27. The van der Waals surface area contributed by atoms with Gasteiger partial charge >= 0.3 is 7.60 Å². The van der Waals surface area contributed by atoms with Gasteiger partial charge in [0.1, 0.15) is 5.30 Å². The second-order valence-electron chi connectivity index (χ2n) is 4.61. The number of benzene rings is 1. The summed E-state index contributed by atoms with van der Waals surface area (Å²) in [7, 11) is -0.444. The molecule has 0 amide bonds. The van der Waals surface area contributed by atoms with Gasteiger partial charge in [0.15, 0.2) is 11.5 Å². The van der Waals surface area contributed by atoms with E-state index < -0.39 is 7.60 Å². The number of hydrogen-bond donors (Lipinski definition) is 1. The molecule has 2 N–H and O–H groups in total. The molecule has 0 saturated heterocycles. The molecule has 0 radical (unpaired) electrons. The molecule has 1 aromatic carbocycles. The first kappa shape index (κ1) is 17.5. The average Bonchev–Trinajstić information content (AvgIpc) is 2.54. The zero-order valence-electron chi connectivity index (χ0n) is 13.7. The van der Waals surface area contributed by atoms with Crippen molar-refractivity contribution in [3.8, 4) is 11.5 Å². The van der Waals surface area contributed by atoms with Crippen molar-refractivity contribution in [1.82, 2.24) is 4.98 Å². The number of methoxy groups -OCH3 is 2. The number of hydrogen-bond acceptors (Lipinski definition) is 7. The summed E-state index contributed by atoms with van der Waals surface area (Å²) in [6, 6.07) is 3.41. The Bertz CT molecular complexity index is 740. The molecule has 2 rings (SSSR count). The second-order valence-corrected chi connectivity index (χ2v) is 6.61. The number of aromatic nitrogens is 1. The van der Waals surface area contributed by atoms with Crippen molar-refractivity contribution >= 4 is 29.5 Å². The molecule has 0 aliphatic carbocycles. The number of ether oxygens (including phenoxy) is 2. The van der Waals surface area contributed by atoms with Crippen LogP contribution in [0.1, 0.15) is 13.8 Å². The molecule has 0 saturated carbocycles. The van der Waals surface area contributed by atoms with Gasteiger partial charge in [-0.2, -0.15) is 0 Å². The van der Waals surface area contributed by atoms with Crippen molar-refractivity contribution in [2.24, 2.45) is 0 Å². The largest absolute Gasteiger partial charge is 0.493 e. The lowest BCUT2D eigenvalue weighted by molar-refractivity contribution is 0.230. The summed E-state index contributed by atoms with van der Waals surface area (Å²) in [6.45, 7) is 3.95. The molecule has 0 aliphatic heterocycles. The van der Waals surface area contributed by atoms with Gasteiger partial charge in [-0.1, -0.05) is 0 Å². The van der Waals surface area contributed by atoms with Crippen molar-refractivity contribution < 1.29 is 23.1 Å².